The summed E-state index contributed by atoms with van der Waals surface area (Å²) < 4.78 is 11.1. The second-order valence-corrected chi connectivity index (χ2v) is 7.75. The van der Waals surface area contributed by atoms with E-state index in [9.17, 15) is 14.7 Å². The van der Waals surface area contributed by atoms with Crippen LogP contribution >= 0.6 is 11.6 Å². The first-order valence-corrected chi connectivity index (χ1v) is 10.6. The first-order valence-electron chi connectivity index (χ1n) is 10.2. The molecule has 1 aromatic heterocycles. The number of likely N-dealkylation sites (tertiary alicyclic amines) is 1. The number of Topliss-reactive ketones (excluding diaryl/α,β-unsaturated/α-hetero) is 1. The van der Waals surface area contributed by atoms with Gasteiger partial charge in [0.2, 0.25) is 0 Å². The molecule has 0 aliphatic carbocycles. The van der Waals surface area contributed by atoms with Gasteiger partial charge < -0.3 is 24.1 Å². The summed E-state index contributed by atoms with van der Waals surface area (Å²) >= 11 is 6.12. The van der Waals surface area contributed by atoms with Gasteiger partial charge >= 0.3 is 0 Å². The minimum atomic E-state index is -0.840. The fourth-order valence-corrected chi connectivity index (χ4v) is 3.98. The minimum absolute atomic E-state index is 0.0422. The van der Waals surface area contributed by atoms with E-state index in [1.165, 1.54) is 18.1 Å². The van der Waals surface area contributed by atoms with E-state index in [0.717, 1.165) is 13.1 Å². The van der Waals surface area contributed by atoms with Gasteiger partial charge in [-0.25, -0.2) is 0 Å². The van der Waals surface area contributed by atoms with Crippen molar-refractivity contribution in [1.82, 2.24) is 9.80 Å². The number of carbonyl (C=O) groups is 2. The molecule has 1 amide bonds. The summed E-state index contributed by atoms with van der Waals surface area (Å²) in [6.45, 7) is 8.42. The molecule has 8 heteroatoms. The molecule has 0 radical (unpaired) electrons. The van der Waals surface area contributed by atoms with Gasteiger partial charge in [0.1, 0.15) is 29.1 Å². The number of amides is 1. The molecule has 31 heavy (non-hydrogen) atoms. The Balaban J connectivity index is 2.13. The molecule has 1 atom stereocenters. The van der Waals surface area contributed by atoms with Crippen LogP contribution in [0.15, 0.2) is 40.3 Å². The minimum Gasteiger partial charge on any atom is -0.507 e. The lowest BCUT2D eigenvalue weighted by molar-refractivity contribution is -0.140. The van der Waals surface area contributed by atoms with E-state index in [-0.39, 0.29) is 16.9 Å². The Kier molecular flexibility index (Phi) is 7.08. The van der Waals surface area contributed by atoms with E-state index in [1.807, 2.05) is 13.8 Å². The third-order valence-electron chi connectivity index (χ3n) is 5.54. The van der Waals surface area contributed by atoms with Gasteiger partial charge in [-0.3, -0.25) is 9.59 Å². The molecule has 2 aromatic rings. The van der Waals surface area contributed by atoms with Crippen molar-refractivity contribution in [1.29, 1.82) is 0 Å². The van der Waals surface area contributed by atoms with Gasteiger partial charge in [-0.05, 0) is 50.3 Å². The number of ether oxygens (including phenoxy) is 1. The summed E-state index contributed by atoms with van der Waals surface area (Å²) in [7, 11) is 1.45. The quantitative estimate of drug-likeness (QED) is 0.374. The smallest absolute Gasteiger partial charge is 0.295 e. The maximum atomic E-state index is 13.1. The molecule has 1 N–H and O–H groups in total. The van der Waals surface area contributed by atoms with Crippen molar-refractivity contribution < 1.29 is 23.8 Å². The number of carbonyl (C=O) groups excluding carboxylic acids is 2. The van der Waals surface area contributed by atoms with Crippen LogP contribution in [0, 0.1) is 6.92 Å². The lowest BCUT2D eigenvalue weighted by atomic mass is 9.99. The van der Waals surface area contributed by atoms with Crippen LogP contribution < -0.4 is 4.74 Å². The number of benzene rings is 1. The number of halogens is 1. The monoisotopic (exact) mass is 446 g/mol. The highest BCUT2D eigenvalue weighted by Crippen LogP contribution is 2.41. The first-order chi connectivity index (χ1) is 14.8. The molecule has 0 saturated carbocycles. The van der Waals surface area contributed by atoms with Crippen LogP contribution in [0.1, 0.15) is 37.0 Å². The number of aryl methyl sites for hydroxylation is 1. The Morgan fingerprint density at radius 1 is 1.23 bits per heavy atom. The van der Waals surface area contributed by atoms with Crippen molar-refractivity contribution in [2.24, 2.45) is 0 Å². The molecule has 2 heterocycles. The number of hydrogen-bond donors (Lipinski definition) is 1. The molecule has 1 saturated heterocycles. The molecule has 3 rings (SSSR count). The largest absolute Gasteiger partial charge is 0.507 e. The molecule has 7 nitrogen and oxygen atoms in total. The van der Waals surface area contributed by atoms with E-state index in [0.29, 0.717) is 35.4 Å². The van der Waals surface area contributed by atoms with Crippen LogP contribution in [-0.2, 0) is 9.59 Å². The highest BCUT2D eigenvalue weighted by Gasteiger charge is 2.47. The number of likely N-dealkylation sites (N-methyl/N-ethyl adjacent to an activating group) is 1. The van der Waals surface area contributed by atoms with Gasteiger partial charge in [0, 0.05) is 18.1 Å². The zero-order valence-electron chi connectivity index (χ0n) is 18.1. The Hall–Kier alpha value is -2.77. The lowest BCUT2D eigenvalue weighted by Gasteiger charge is -2.26. The van der Waals surface area contributed by atoms with Crippen molar-refractivity contribution >= 4 is 29.1 Å². The Morgan fingerprint density at radius 2 is 1.94 bits per heavy atom. The molecule has 1 aliphatic rings. The van der Waals surface area contributed by atoms with E-state index in [1.54, 1.807) is 31.2 Å². The van der Waals surface area contributed by atoms with Crippen LogP contribution in [0.5, 0.6) is 5.75 Å². The van der Waals surface area contributed by atoms with Crippen LogP contribution in [0.4, 0.5) is 0 Å². The van der Waals surface area contributed by atoms with E-state index < -0.39 is 17.7 Å². The van der Waals surface area contributed by atoms with Crippen molar-refractivity contribution in [2.45, 2.75) is 26.8 Å². The van der Waals surface area contributed by atoms with Gasteiger partial charge in [-0.1, -0.05) is 25.4 Å². The molecule has 1 fully saturated rings. The number of aliphatic hydroxyl groups is 1. The number of ketones is 1. The summed E-state index contributed by atoms with van der Waals surface area (Å²) in [6, 6.07) is 7.36. The van der Waals surface area contributed by atoms with Crippen molar-refractivity contribution in [3.05, 3.63) is 58.0 Å². The molecule has 166 valence electrons. The van der Waals surface area contributed by atoms with Crippen molar-refractivity contribution in [3.63, 3.8) is 0 Å². The van der Waals surface area contributed by atoms with E-state index in [2.05, 4.69) is 4.90 Å². The summed E-state index contributed by atoms with van der Waals surface area (Å²) in [5.41, 5.74) is 0.199. The fraction of sp³-hybridized carbons (Fsp3) is 0.391. The predicted molar refractivity (Wildman–Crippen MR) is 118 cm³/mol. The molecule has 1 aromatic carbocycles. The van der Waals surface area contributed by atoms with Crippen molar-refractivity contribution in [3.8, 4) is 5.75 Å². The maximum absolute atomic E-state index is 13.1. The number of hydrogen-bond acceptors (Lipinski definition) is 6. The normalized spacial score (nSPS) is 18.3. The molecular weight excluding hydrogens is 420 g/mol. The second kappa shape index (κ2) is 9.58. The third-order valence-corrected chi connectivity index (χ3v) is 5.77. The number of rotatable bonds is 8. The summed E-state index contributed by atoms with van der Waals surface area (Å²) in [5, 5.41) is 11.5. The van der Waals surface area contributed by atoms with Gasteiger partial charge in [-0.2, -0.15) is 0 Å². The topological polar surface area (TPSA) is 83.2 Å². The maximum Gasteiger partial charge on any atom is 0.295 e. The molecule has 1 unspecified atom stereocenters. The van der Waals surface area contributed by atoms with E-state index in [4.69, 9.17) is 20.8 Å². The van der Waals surface area contributed by atoms with Gasteiger partial charge in [0.25, 0.3) is 11.7 Å². The number of furan rings is 1. The number of aliphatic hydroxyl groups excluding tert-OH is 1. The Morgan fingerprint density at radius 3 is 2.52 bits per heavy atom. The van der Waals surface area contributed by atoms with Crippen LogP contribution in [0.25, 0.3) is 5.76 Å². The zero-order chi connectivity index (χ0) is 22.7. The lowest BCUT2D eigenvalue weighted by Crippen LogP contribution is -2.37. The molecule has 0 bridgehead atoms. The number of methoxy groups -OCH3 is 1. The molecule has 0 spiro atoms. The third kappa shape index (κ3) is 4.48. The van der Waals surface area contributed by atoms with Gasteiger partial charge in [0.05, 0.1) is 18.2 Å². The second-order valence-electron chi connectivity index (χ2n) is 7.31. The number of nitrogens with zero attached hydrogens (tertiary/aromatic N) is 2. The molecule has 1 aliphatic heterocycles. The Labute approximate surface area is 186 Å². The SMILES string of the molecule is CCN(CC)CCN1C(=O)C(=O)/C(=C(/O)c2cc(Cl)ccc2OC)C1c1ccc(C)o1. The van der Waals surface area contributed by atoms with Crippen LogP contribution in [0.2, 0.25) is 5.02 Å². The van der Waals surface area contributed by atoms with E-state index >= 15 is 0 Å². The standard InChI is InChI=1S/C23H27ClN2O5/c1-5-25(6-2)11-12-26-20(18-9-7-14(3)31-18)19(22(28)23(26)29)21(27)16-13-15(24)8-10-17(16)30-4/h7-10,13,20,27H,5-6,11-12H2,1-4H3/b21-19+. The summed E-state index contributed by atoms with van der Waals surface area (Å²) in [4.78, 5) is 29.6. The average molecular weight is 447 g/mol. The predicted octanol–water partition coefficient (Wildman–Crippen LogP) is 4.01. The zero-order valence-corrected chi connectivity index (χ0v) is 18.9. The van der Waals surface area contributed by atoms with Crippen molar-refractivity contribution in [2.75, 3.05) is 33.3 Å². The summed E-state index contributed by atoms with van der Waals surface area (Å²) in [5.74, 6) is -0.386. The fourth-order valence-electron chi connectivity index (χ4n) is 3.81. The van der Waals surface area contributed by atoms with Crippen LogP contribution in [0.3, 0.4) is 0 Å². The Bertz CT molecular complexity index is 1010. The molecular formula is C23H27ClN2O5. The average Bonchev–Trinajstić information content (AvgIpc) is 3.29. The van der Waals surface area contributed by atoms with Crippen LogP contribution in [-0.4, -0.2) is 59.9 Å². The summed E-state index contributed by atoms with van der Waals surface area (Å²) in [6.07, 6.45) is 0. The van der Waals surface area contributed by atoms with Gasteiger partial charge in [-0.15, -0.1) is 0 Å². The highest BCUT2D eigenvalue weighted by atomic mass is 35.5. The van der Waals surface area contributed by atoms with Gasteiger partial charge in [0.15, 0.2) is 0 Å². The first kappa shape index (κ1) is 22.9. The highest BCUT2D eigenvalue weighted by molar-refractivity contribution is 6.46.